The molecule has 1 unspecified atom stereocenters. The third-order valence-corrected chi connectivity index (χ3v) is 3.65. The molecule has 0 saturated carbocycles. The minimum Gasteiger partial charge on any atom is -0.335 e. The van der Waals surface area contributed by atoms with E-state index in [1.165, 1.54) is 0 Å². The second-order valence-electron chi connectivity index (χ2n) is 4.73. The van der Waals surface area contributed by atoms with Gasteiger partial charge in [0.15, 0.2) is 0 Å². The van der Waals surface area contributed by atoms with Gasteiger partial charge in [-0.1, -0.05) is 17.7 Å². The standard InChI is InChI=1S/C14H14ClN3O/c15-11-2-1-3-12(9-11)17-14(19)10-4-6-18-7-5-16-13(18)8-10/h1-3,5,7,9-10H,4,6,8H2,(H,17,19). The van der Waals surface area contributed by atoms with Crippen molar-refractivity contribution < 1.29 is 4.79 Å². The van der Waals surface area contributed by atoms with Crippen molar-refractivity contribution in [2.75, 3.05) is 5.32 Å². The quantitative estimate of drug-likeness (QED) is 0.916. The number of nitrogens with one attached hydrogen (secondary N) is 1. The molecule has 2 aromatic rings. The van der Waals surface area contributed by atoms with Gasteiger partial charge in [-0.25, -0.2) is 4.98 Å². The van der Waals surface area contributed by atoms with Gasteiger partial charge >= 0.3 is 0 Å². The lowest BCUT2D eigenvalue weighted by molar-refractivity contribution is -0.120. The molecule has 19 heavy (non-hydrogen) atoms. The summed E-state index contributed by atoms with van der Waals surface area (Å²) in [6.45, 7) is 0.850. The van der Waals surface area contributed by atoms with Gasteiger partial charge in [-0.2, -0.15) is 0 Å². The first-order valence-corrected chi connectivity index (χ1v) is 6.66. The van der Waals surface area contributed by atoms with Gasteiger partial charge in [-0.05, 0) is 24.6 Å². The second-order valence-corrected chi connectivity index (χ2v) is 5.16. The van der Waals surface area contributed by atoms with Crippen molar-refractivity contribution in [3.8, 4) is 0 Å². The maximum atomic E-state index is 12.2. The third kappa shape index (κ3) is 2.63. The van der Waals surface area contributed by atoms with Crippen LogP contribution < -0.4 is 5.32 Å². The molecule has 3 rings (SSSR count). The Morgan fingerprint density at radius 3 is 3.21 bits per heavy atom. The fraction of sp³-hybridized carbons (Fsp3) is 0.286. The van der Waals surface area contributed by atoms with Gasteiger partial charge in [0, 0.05) is 42.0 Å². The molecule has 1 amide bonds. The fourth-order valence-electron chi connectivity index (χ4n) is 2.39. The molecule has 1 aliphatic heterocycles. The second kappa shape index (κ2) is 5.05. The van der Waals surface area contributed by atoms with Crippen LogP contribution in [0.15, 0.2) is 36.7 Å². The molecule has 0 radical (unpaired) electrons. The van der Waals surface area contributed by atoms with E-state index in [4.69, 9.17) is 11.6 Å². The first kappa shape index (κ1) is 12.2. The summed E-state index contributed by atoms with van der Waals surface area (Å²) in [6, 6.07) is 7.21. The molecule has 4 nitrogen and oxygen atoms in total. The Labute approximate surface area is 116 Å². The lowest BCUT2D eigenvalue weighted by atomic mass is 9.97. The summed E-state index contributed by atoms with van der Waals surface area (Å²) in [4.78, 5) is 16.5. The number of halogens is 1. The van der Waals surface area contributed by atoms with Gasteiger partial charge in [-0.15, -0.1) is 0 Å². The van der Waals surface area contributed by atoms with Crippen molar-refractivity contribution in [3.63, 3.8) is 0 Å². The van der Waals surface area contributed by atoms with Crippen LogP contribution in [0.2, 0.25) is 5.02 Å². The predicted octanol–water partition coefficient (Wildman–Crippen LogP) is 2.74. The number of rotatable bonds is 2. The average Bonchev–Trinajstić information content (AvgIpc) is 2.85. The van der Waals surface area contributed by atoms with Gasteiger partial charge in [0.05, 0.1) is 0 Å². The Morgan fingerprint density at radius 1 is 1.47 bits per heavy atom. The topological polar surface area (TPSA) is 46.9 Å². The summed E-state index contributed by atoms with van der Waals surface area (Å²) in [5.74, 6) is 1.00. The normalized spacial score (nSPS) is 17.8. The Kier molecular flexibility index (Phi) is 3.25. The van der Waals surface area contributed by atoms with E-state index in [0.717, 1.165) is 24.5 Å². The van der Waals surface area contributed by atoms with Crippen molar-refractivity contribution in [1.29, 1.82) is 0 Å². The SMILES string of the molecule is O=C(Nc1cccc(Cl)c1)C1CCn2ccnc2C1. The van der Waals surface area contributed by atoms with Crippen LogP contribution in [-0.4, -0.2) is 15.5 Å². The number of hydrogen-bond donors (Lipinski definition) is 1. The van der Waals surface area contributed by atoms with Gasteiger partial charge < -0.3 is 9.88 Å². The van der Waals surface area contributed by atoms with E-state index in [9.17, 15) is 4.79 Å². The van der Waals surface area contributed by atoms with Crippen LogP contribution in [-0.2, 0) is 17.8 Å². The first-order chi connectivity index (χ1) is 9.22. The van der Waals surface area contributed by atoms with Crippen molar-refractivity contribution >= 4 is 23.2 Å². The number of carbonyl (C=O) groups is 1. The highest BCUT2D eigenvalue weighted by molar-refractivity contribution is 6.30. The number of fused-ring (bicyclic) bond motifs is 1. The minimum absolute atomic E-state index is 0.0196. The number of imidazole rings is 1. The van der Waals surface area contributed by atoms with E-state index in [2.05, 4.69) is 14.9 Å². The van der Waals surface area contributed by atoms with E-state index in [0.29, 0.717) is 11.4 Å². The number of benzene rings is 1. The van der Waals surface area contributed by atoms with E-state index in [1.54, 1.807) is 18.3 Å². The Hall–Kier alpha value is -1.81. The molecular weight excluding hydrogens is 262 g/mol. The van der Waals surface area contributed by atoms with Crippen molar-refractivity contribution in [3.05, 3.63) is 47.5 Å². The van der Waals surface area contributed by atoms with Crippen LogP contribution in [0.1, 0.15) is 12.2 Å². The fourth-order valence-corrected chi connectivity index (χ4v) is 2.58. The lowest BCUT2D eigenvalue weighted by Crippen LogP contribution is -2.30. The molecule has 5 heteroatoms. The highest BCUT2D eigenvalue weighted by Crippen LogP contribution is 2.22. The molecular formula is C14H14ClN3O. The number of hydrogen-bond acceptors (Lipinski definition) is 2. The van der Waals surface area contributed by atoms with Crippen LogP contribution in [0.5, 0.6) is 0 Å². The predicted molar refractivity (Wildman–Crippen MR) is 74.1 cm³/mol. The van der Waals surface area contributed by atoms with Crippen LogP contribution in [0.3, 0.4) is 0 Å². The smallest absolute Gasteiger partial charge is 0.228 e. The van der Waals surface area contributed by atoms with Crippen LogP contribution in [0, 0.1) is 5.92 Å². The van der Waals surface area contributed by atoms with Gasteiger partial charge in [0.1, 0.15) is 5.82 Å². The zero-order chi connectivity index (χ0) is 13.2. The third-order valence-electron chi connectivity index (χ3n) is 3.41. The summed E-state index contributed by atoms with van der Waals surface area (Å²) in [7, 11) is 0. The summed E-state index contributed by atoms with van der Waals surface area (Å²) >= 11 is 5.90. The lowest BCUT2D eigenvalue weighted by Gasteiger charge is -2.22. The van der Waals surface area contributed by atoms with E-state index in [1.807, 2.05) is 18.3 Å². The van der Waals surface area contributed by atoms with Gasteiger partial charge in [0.25, 0.3) is 0 Å². The van der Waals surface area contributed by atoms with Crippen molar-refractivity contribution in [2.45, 2.75) is 19.4 Å². The molecule has 1 aromatic heterocycles. The number of amides is 1. The van der Waals surface area contributed by atoms with E-state index < -0.39 is 0 Å². The Morgan fingerprint density at radius 2 is 2.37 bits per heavy atom. The maximum Gasteiger partial charge on any atom is 0.228 e. The number of anilines is 1. The van der Waals surface area contributed by atoms with Crippen LogP contribution in [0.4, 0.5) is 5.69 Å². The van der Waals surface area contributed by atoms with Crippen LogP contribution in [0.25, 0.3) is 0 Å². The minimum atomic E-state index is -0.0196. The number of aryl methyl sites for hydroxylation is 1. The summed E-state index contributed by atoms with van der Waals surface area (Å²) in [5.41, 5.74) is 0.742. The highest BCUT2D eigenvalue weighted by Gasteiger charge is 2.25. The average molecular weight is 276 g/mol. The molecule has 0 aliphatic carbocycles. The Balaban J connectivity index is 1.69. The molecule has 1 atom stereocenters. The molecule has 0 saturated heterocycles. The molecule has 1 aromatic carbocycles. The molecule has 0 bridgehead atoms. The molecule has 0 spiro atoms. The largest absolute Gasteiger partial charge is 0.335 e. The number of nitrogens with zero attached hydrogens (tertiary/aromatic N) is 2. The van der Waals surface area contributed by atoms with E-state index >= 15 is 0 Å². The van der Waals surface area contributed by atoms with E-state index in [-0.39, 0.29) is 11.8 Å². The monoisotopic (exact) mass is 275 g/mol. The summed E-state index contributed by atoms with van der Waals surface area (Å²) < 4.78 is 2.10. The van der Waals surface area contributed by atoms with Gasteiger partial charge in [0.2, 0.25) is 5.91 Å². The van der Waals surface area contributed by atoms with Gasteiger partial charge in [-0.3, -0.25) is 4.79 Å². The summed E-state index contributed by atoms with van der Waals surface area (Å²) in [6.07, 6.45) is 5.28. The van der Waals surface area contributed by atoms with Crippen molar-refractivity contribution in [1.82, 2.24) is 9.55 Å². The molecule has 1 N–H and O–H groups in total. The molecule has 2 heterocycles. The molecule has 0 fully saturated rings. The molecule has 98 valence electrons. The van der Waals surface area contributed by atoms with Crippen LogP contribution >= 0.6 is 11.6 Å². The summed E-state index contributed by atoms with van der Waals surface area (Å²) in [5, 5.41) is 3.54. The van der Waals surface area contributed by atoms with Crippen molar-refractivity contribution in [2.24, 2.45) is 5.92 Å². The highest BCUT2D eigenvalue weighted by atomic mass is 35.5. The number of aromatic nitrogens is 2. The zero-order valence-electron chi connectivity index (χ0n) is 10.3. The maximum absolute atomic E-state index is 12.2. The zero-order valence-corrected chi connectivity index (χ0v) is 11.1. The Bertz CT molecular complexity index is 608. The molecule has 1 aliphatic rings. The first-order valence-electron chi connectivity index (χ1n) is 6.29. The number of carbonyl (C=O) groups excluding carboxylic acids is 1.